The van der Waals surface area contributed by atoms with Gasteiger partial charge >= 0.3 is 0 Å². The van der Waals surface area contributed by atoms with Gasteiger partial charge in [0.25, 0.3) is 0 Å². The smallest absolute Gasteiger partial charge is 0.233 e. The molecule has 0 radical (unpaired) electrons. The van der Waals surface area contributed by atoms with Crippen LogP contribution in [0.2, 0.25) is 0 Å². The molecule has 1 aliphatic rings. The van der Waals surface area contributed by atoms with E-state index in [0.29, 0.717) is 29.6 Å². The van der Waals surface area contributed by atoms with E-state index in [-0.39, 0.29) is 12.2 Å². The number of nitrogens with zero attached hydrogens (tertiary/aromatic N) is 3. The number of nitrogens with two attached hydrogens (primary N) is 1. The Hall–Kier alpha value is -2.67. The number of aliphatic hydroxyl groups excluding tert-OH is 1. The van der Waals surface area contributed by atoms with E-state index in [0.717, 1.165) is 23.9 Å². The monoisotopic (exact) mass is 311 g/mol. The molecule has 1 aromatic carbocycles. The van der Waals surface area contributed by atoms with Crippen LogP contribution >= 0.6 is 0 Å². The summed E-state index contributed by atoms with van der Waals surface area (Å²) in [7, 11) is 0. The Morgan fingerprint density at radius 2 is 2.09 bits per heavy atom. The molecule has 7 nitrogen and oxygen atoms in total. The fraction of sp³-hybridized carbons (Fsp3) is 0.312. The molecule has 3 aromatic rings. The van der Waals surface area contributed by atoms with Gasteiger partial charge in [-0.3, -0.25) is 0 Å². The van der Waals surface area contributed by atoms with Crippen molar-refractivity contribution in [3.05, 3.63) is 30.5 Å². The van der Waals surface area contributed by atoms with Crippen molar-refractivity contribution >= 4 is 16.9 Å². The van der Waals surface area contributed by atoms with Crippen molar-refractivity contribution in [2.75, 3.05) is 5.73 Å². The Balaban J connectivity index is 1.66. The normalized spacial score (nSPS) is 20.9. The molecular formula is C16H17N5O2. The maximum atomic E-state index is 9.58. The minimum atomic E-state index is -0.295. The van der Waals surface area contributed by atoms with Crippen molar-refractivity contribution in [1.82, 2.24) is 19.9 Å². The molecule has 7 heteroatoms. The second kappa shape index (κ2) is 5.51. The van der Waals surface area contributed by atoms with Gasteiger partial charge in [0.1, 0.15) is 6.10 Å². The van der Waals surface area contributed by atoms with E-state index in [9.17, 15) is 5.11 Å². The lowest BCUT2D eigenvalue weighted by atomic mass is 10.3. The molecule has 2 heterocycles. The fourth-order valence-corrected chi connectivity index (χ4v) is 2.87. The zero-order valence-electron chi connectivity index (χ0n) is 12.4. The molecule has 4 rings (SSSR count). The lowest BCUT2D eigenvalue weighted by Crippen LogP contribution is -2.15. The molecule has 1 aliphatic carbocycles. The van der Waals surface area contributed by atoms with E-state index in [4.69, 9.17) is 10.5 Å². The van der Waals surface area contributed by atoms with Gasteiger partial charge in [-0.2, -0.15) is 0 Å². The number of benzene rings is 1. The largest absolute Gasteiger partial charge is 0.473 e. The molecular weight excluding hydrogens is 294 g/mol. The topological polar surface area (TPSA) is 110 Å². The second-order valence-corrected chi connectivity index (χ2v) is 5.75. The Kier molecular flexibility index (Phi) is 3.34. The number of nitrogens with one attached hydrogen (secondary N) is 1. The molecule has 0 saturated heterocycles. The Bertz CT molecular complexity index is 814. The SMILES string of the molecule is Nc1ncc(OC2CC[C@H](O)C2)nc1-c1nc2ccccc2[nH]1. The number of hydrogen-bond donors (Lipinski definition) is 3. The van der Waals surface area contributed by atoms with Gasteiger partial charge < -0.3 is 20.6 Å². The van der Waals surface area contributed by atoms with E-state index in [2.05, 4.69) is 19.9 Å². The predicted octanol–water partition coefficient (Wildman–Crippen LogP) is 1.89. The number of para-hydroxylation sites is 2. The first kappa shape index (κ1) is 14.0. The number of imidazole rings is 1. The number of aromatic amines is 1. The Labute approximate surface area is 132 Å². The first-order chi connectivity index (χ1) is 11.2. The minimum absolute atomic E-state index is 0.0357. The van der Waals surface area contributed by atoms with Gasteiger partial charge in [-0.25, -0.2) is 15.0 Å². The zero-order valence-corrected chi connectivity index (χ0v) is 12.4. The molecule has 0 bridgehead atoms. The number of nitrogen functional groups attached to an aromatic ring is 1. The zero-order chi connectivity index (χ0) is 15.8. The predicted molar refractivity (Wildman–Crippen MR) is 85.8 cm³/mol. The average molecular weight is 311 g/mol. The third kappa shape index (κ3) is 2.70. The summed E-state index contributed by atoms with van der Waals surface area (Å²) in [5.41, 5.74) is 8.17. The highest BCUT2D eigenvalue weighted by molar-refractivity contribution is 5.80. The standard InChI is InChI=1S/C16H17N5O2/c17-15-14(16-19-11-3-1-2-4-12(11)20-16)21-13(8-18-15)23-10-6-5-9(22)7-10/h1-4,8-10,22H,5-7H2,(H2,17,18)(H,19,20)/t9-,10?/m0/s1. The summed E-state index contributed by atoms with van der Waals surface area (Å²) in [5, 5.41) is 9.58. The Morgan fingerprint density at radius 3 is 2.87 bits per heavy atom. The summed E-state index contributed by atoms with van der Waals surface area (Å²) in [4.78, 5) is 16.3. The molecule has 0 amide bonds. The van der Waals surface area contributed by atoms with Crippen LogP contribution in [0.3, 0.4) is 0 Å². The summed E-state index contributed by atoms with van der Waals surface area (Å²) in [6.45, 7) is 0. The summed E-state index contributed by atoms with van der Waals surface area (Å²) in [5.74, 6) is 1.25. The van der Waals surface area contributed by atoms with Crippen molar-refractivity contribution in [3.8, 4) is 17.4 Å². The van der Waals surface area contributed by atoms with Crippen LogP contribution < -0.4 is 10.5 Å². The van der Waals surface area contributed by atoms with Crippen LogP contribution in [0.15, 0.2) is 30.5 Å². The third-order valence-corrected chi connectivity index (χ3v) is 4.04. The molecule has 1 unspecified atom stereocenters. The number of rotatable bonds is 3. The van der Waals surface area contributed by atoms with Gasteiger partial charge in [-0.15, -0.1) is 0 Å². The van der Waals surface area contributed by atoms with Crippen LogP contribution in [0, 0.1) is 0 Å². The van der Waals surface area contributed by atoms with E-state index >= 15 is 0 Å². The number of anilines is 1. The number of fused-ring (bicyclic) bond motifs is 1. The van der Waals surface area contributed by atoms with Gasteiger partial charge in [-0.05, 0) is 25.0 Å². The number of hydrogen-bond acceptors (Lipinski definition) is 6. The van der Waals surface area contributed by atoms with E-state index < -0.39 is 0 Å². The molecule has 0 aliphatic heterocycles. The average Bonchev–Trinajstić information content (AvgIpc) is 3.15. The van der Waals surface area contributed by atoms with Gasteiger partial charge in [-0.1, -0.05) is 12.1 Å². The highest BCUT2D eigenvalue weighted by Gasteiger charge is 2.25. The van der Waals surface area contributed by atoms with Crippen molar-refractivity contribution in [1.29, 1.82) is 0 Å². The van der Waals surface area contributed by atoms with Crippen LogP contribution in [0.4, 0.5) is 5.82 Å². The van der Waals surface area contributed by atoms with Crippen LogP contribution in [0.25, 0.3) is 22.6 Å². The van der Waals surface area contributed by atoms with Crippen LogP contribution in [0.5, 0.6) is 5.88 Å². The van der Waals surface area contributed by atoms with Gasteiger partial charge in [0, 0.05) is 6.42 Å². The van der Waals surface area contributed by atoms with Crippen molar-refractivity contribution in [2.24, 2.45) is 0 Å². The number of H-pyrrole nitrogens is 1. The first-order valence-electron chi connectivity index (χ1n) is 7.61. The molecule has 2 aromatic heterocycles. The first-order valence-corrected chi connectivity index (χ1v) is 7.61. The van der Waals surface area contributed by atoms with Gasteiger partial charge in [0.2, 0.25) is 5.88 Å². The molecule has 118 valence electrons. The quantitative estimate of drug-likeness (QED) is 0.681. The molecule has 1 fully saturated rings. The molecule has 0 spiro atoms. The lowest BCUT2D eigenvalue weighted by molar-refractivity contribution is 0.146. The van der Waals surface area contributed by atoms with Crippen molar-refractivity contribution in [3.63, 3.8) is 0 Å². The summed E-state index contributed by atoms with van der Waals surface area (Å²) < 4.78 is 5.81. The van der Waals surface area contributed by atoms with E-state index in [1.165, 1.54) is 6.20 Å². The summed E-state index contributed by atoms with van der Waals surface area (Å²) in [6, 6.07) is 7.71. The summed E-state index contributed by atoms with van der Waals surface area (Å²) in [6.07, 6.45) is 3.36. The van der Waals surface area contributed by atoms with Gasteiger partial charge in [0.15, 0.2) is 17.3 Å². The van der Waals surface area contributed by atoms with E-state index in [1.807, 2.05) is 24.3 Å². The maximum absolute atomic E-state index is 9.58. The second-order valence-electron chi connectivity index (χ2n) is 5.75. The molecule has 23 heavy (non-hydrogen) atoms. The number of aromatic nitrogens is 4. The van der Waals surface area contributed by atoms with Crippen molar-refractivity contribution in [2.45, 2.75) is 31.5 Å². The van der Waals surface area contributed by atoms with Crippen LogP contribution in [-0.2, 0) is 0 Å². The molecule has 1 saturated carbocycles. The molecule has 4 N–H and O–H groups in total. The third-order valence-electron chi connectivity index (χ3n) is 4.04. The van der Waals surface area contributed by atoms with E-state index in [1.54, 1.807) is 0 Å². The highest BCUT2D eigenvalue weighted by Crippen LogP contribution is 2.27. The maximum Gasteiger partial charge on any atom is 0.233 e. The van der Waals surface area contributed by atoms with Crippen molar-refractivity contribution < 1.29 is 9.84 Å². The number of ether oxygens (including phenoxy) is 1. The minimum Gasteiger partial charge on any atom is -0.473 e. The Morgan fingerprint density at radius 1 is 1.22 bits per heavy atom. The highest BCUT2D eigenvalue weighted by atomic mass is 16.5. The summed E-state index contributed by atoms with van der Waals surface area (Å²) >= 11 is 0. The van der Waals surface area contributed by atoms with Crippen LogP contribution in [0.1, 0.15) is 19.3 Å². The molecule has 2 atom stereocenters. The van der Waals surface area contributed by atoms with Crippen LogP contribution in [-0.4, -0.2) is 37.3 Å². The number of aliphatic hydroxyl groups is 1. The van der Waals surface area contributed by atoms with Gasteiger partial charge in [0.05, 0.1) is 23.3 Å². The lowest BCUT2D eigenvalue weighted by Gasteiger charge is -2.12. The fourth-order valence-electron chi connectivity index (χ4n) is 2.87.